The Kier molecular flexibility index (Phi) is 2.82. The van der Waals surface area contributed by atoms with E-state index in [1.165, 1.54) is 6.92 Å². The van der Waals surface area contributed by atoms with Gasteiger partial charge in [-0.15, -0.1) is 0 Å². The van der Waals surface area contributed by atoms with Gasteiger partial charge in [-0.05, 0) is 13.0 Å². The van der Waals surface area contributed by atoms with Gasteiger partial charge in [0.25, 0.3) is 0 Å². The predicted molar refractivity (Wildman–Crippen MR) is 43.8 cm³/mol. The molecule has 3 nitrogen and oxygen atoms in total. The van der Waals surface area contributed by atoms with Crippen LogP contribution in [-0.2, 0) is 6.18 Å². The van der Waals surface area contributed by atoms with Gasteiger partial charge in [0.1, 0.15) is 0 Å². The number of hydrogen-bond donors (Lipinski definition) is 2. The third-order valence-electron chi connectivity index (χ3n) is 1.71. The third-order valence-corrected chi connectivity index (χ3v) is 1.71. The minimum atomic E-state index is -4.53. The summed E-state index contributed by atoms with van der Waals surface area (Å²) in [5.41, 5.74) is -1.42. The van der Waals surface area contributed by atoms with E-state index in [9.17, 15) is 13.2 Å². The number of rotatable bonds is 1. The van der Waals surface area contributed by atoms with Crippen LogP contribution in [0, 0.1) is 6.92 Å². The zero-order chi connectivity index (χ0) is 10.9. The number of alkyl halides is 3. The molecule has 0 aromatic carbocycles. The van der Waals surface area contributed by atoms with Crippen LogP contribution in [0.3, 0.4) is 0 Å². The maximum Gasteiger partial charge on any atom is 0.490 e. The monoisotopic (exact) mass is 205 g/mol. The van der Waals surface area contributed by atoms with Gasteiger partial charge in [-0.1, -0.05) is 0 Å². The number of aromatic nitrogens is 1. The van der Waals surface area contributed by atoms with Crippen molar-refractivity contribution in [2.45, 2.75) is 13.1 Å². The first-order chi connectivity index (χ1) is 6.32. The summed E-state index contributed by atoms with van der Waals surface area (Å²) in [4.78, 5) is 3.43. The van der Waals surface area contributed by atoms with E-state index in [0.717, 1.165) is 6.20 Å². The van der Waals surface area contributed by atoms with Gasteiger partial charge >= 0.3 is 13.3 Å². The van der Waals surface area contributed by atoms with E-state index < -0.39 is 18.9 Å². The van der Waals surface area contributed by atoms with Crippen molar-refractivity contribution >= 4 is 12.6 Å². The van der Waals surface area contributed by atoms with E-state index >= 15 is 0 Å². The Morgan fingerprint density at radius 1 is 1.36 bits per heavy atom. The molecule has 1 heterocycles. The van der Waals surface area contributed by atoms with Crippen LogP contribution in [0.25, 0.3) is 0 Å². The standard InChI is InChI=1S/C7H7BF3NO2/c1-4-6(7(9,10)11)2-5(3-12-4)8(13)14/h2-3,13-14H,1H3. The number of aryl methyl sites for hydroxylation is 1. The van der Waals surface area contributed by atoms with Crippen LogP contribution in [0.15, 0.2) is 12.3 Å². The van der Waals surface area contributed by atoms with Crippen LogP contribution in [0.1, 0.15) is 11.3 Å². The highest BCUT2D eigenvalue weighted by Crippen LogP contribution is 2.29. The van der Waals surface area contributed by atoms with E-state index in [1.54, 1.807) is 0 Å². The van der Waals surface area contributed by atoms with Crippen LogP contribution in [-0.4, -0.2) is 22.2 Å². The van der Waals surface area contributed by atoms with Gasteiger partial charge in [0, 0.05) is 17.4 Å². The molecule has 7 heteroatoms. The Labute approximate surface area is 78.4 Å². The van der Waals surface area contributed by atoms with Gasteiger partial charge in [-0.25, -0.2) is 0 Å². The summed E-state index contributed by atoms with van der Waals surface area (Å²) >= 11 is 0. The van der Waals surface area contributed by atoms with Gasteiger partial charge < -0.3 is 10.0 Å². The van der Waals surface area contributed by atoms with Gasteiger partial charge in [-0.2, -0.15) is 13.2 Å². The fourth-order valence-corrected chi connectivity index (χ4v) is 0.977. The second kappa shape index (κ2) is 3.59. The van der Waals surface area contributed by atoms with Gasteiger partial charge in [-0.3, -0.25) is 4.98 Å². The fraction of sp³-hybridized carbons (Fsp3) is 0.286. The lowest BCUT2D eigenvalue weighted by molar-refractivity contribution is -0.138. The van der Waals surface area contributed by atoms with E-state index in [1.807, 2.05) is 0 Å². The van der Waals surface area contributed by atoms with Crippen molar-refractivity contribution in [3.8, 4) is 0 Å². The average molecular weight is 205 g/mol. The van der Waals surface area contributed by atoms with Crippen LogP contribution < -0.4 is 5.46 Å². The summed E-state index contributed by atoms with van der Waals surface area (Å²) < 4.78 is 36.9. The molecular weight excluding hydrogens is 198 g/mol. The quantitative estimate of drug-likeness (QED) is 0.638. The summed E-state index contributed by atoms with van der Waals surface area (Å²) in [5.74, 6) is 0. The molecule has 1 aromatic rings. The molecule has 1 aromatic heterocycles. The van der Waals surface area contributed by atoms with Crippen molar-refractivity contribution in [2.24, 2.45) is 0 Å². The van der Waals surface area contributed by atoms with Crippen molar-refractivity contribution in [1.82, 2.24) is 4.98 Å². The van der Waals surface area contributed by atoms with Crippen LogP contribution in [0.5, 0.6) is 0 Å². The van der Waals surface area contributed by atoms with Gasteiger partial charge in [0.2, 0.25) is 0 Å². The molecule has 0 aliphatic rings. The average Bonchev–Trinajstić information content (AvgIpc) is 2.02. The van der Waals surface area contributed by atoms with Crippen molar-refractivity contribution in [1.29, 1.82) is 0 Å². The predicted octanol–water partition coefficient (Wildman–Crippen LogP) is 0.0886. The Hall–Kier alpha value is -1.08. The van der Waals surface area contributed by atoms with E-state index in [-0.39, 0.29) is 11.2 Å². The van der Waals surface area contributed by atoms with Gasteiger partial charge in [0.15, 0.2) is 0 Å². The SMILES string of the molecule is Cc1ncc(B(O)O)cc1C(F)(F)F. The molecular formula is C7H7BF3NO2. The first-order valence-electron chi connectivity index (χ1n) is 3.72. The molecule has 76 valence electrons. The summed E-state index contributed by atoms with van der Waals surface area (Å²) in [6, 6.07) is 0.674. The van der Waals surface area contributed by atoms with Crippen LogP contribution >= 0.6 is 0 Å². The summed E-state index contributed by atoms with van der Waals surface area (Å²) in [5, 5.41) is 17.3. The van der Waals surface area contributed by atoms with Crippen molar-refractivity contribution in [3.05, 3.63) is 23.5 Å². The highest BCUT2D eigenvalue weighted by molar-refractivity contribution is 6.58. The molecule has 0 saturated carbocycles. The molecule has 0 radical (unpaired) electrons. The summed E-state index contributed by atoms with van der Waals surface area (Å²) in [6.45, 7) is 1.20. The lowest BCUT2D eigenvalue weighted by atomic mass is 9.80. The topological polar surface area (TPSA) is 53.4 Å². The lowest BCUT2D eigenvalue weighted by Gasteiger charge is -2.10. The zero-order valence-corrected chi connectivity index (χ0v) is 7.21. The summed E-state index contributed by atoms with van der Waals surface area (Å²) in [6.07, 6.45) is -3.53. The Morgan fingerprint density at radius 2 is 1.93 bits per heavy atom. The largest absolute Gasteiger partial charge is 0.490 e. The molecule has 2 N–H and O–H groups in total. The van der Waals surface area contributed by atoms with E-state index in [0.29, 0.717) is 6.07 Å². The Morgan fingerprint density at radius 3 is 2.36 bits per heavy atom. The molecule has 0 unspecified atom stereocenters. The normalized spacial score (nSPS) is 11.6. The van der Waals surface area contributed by atoms with E-state index in [2.05, 4.69) is 4.98 Å². The first kappa shape index (κ1) is 11.0. The highest BCUT2D eigenvalue weighted by atomic mass is 19.4. The molecule has 0 fully saturated rings. The van der Waals surface area contributed by atoms with Crippen molar-refractivity contribution in [3.63, 3.8) is 0 Å². The fourth-order valence-electron chi connectivity index (χ4n) is 0.977. The number of nitrogens with zero attached hydrogens (tertiary/aromatic N) is 1. The Balaban J connectivity index is 3.22. The Bertz CT molecular complexity index is 340. The first-order valence-corrected chi connectivity index (χ1v) is 3.72. The number of halogens is 3. The molecule has 14 heavy (non-hydrogen) atoms. The third kappa shape index (κ3) is 2.24. The summed E-state index contributed by atoms with van der Waals surface area (Å²) in [7, 11) is -1.94. The number of hydrogen-bond acceptors (Lipinski definition) is 3. The molecule has 0 bridgehead atoms. The van der Waals surface area contributed by atoms with Crippen LogP contribution in [0.2, 0.25) is 0 Å². The van der Waals surface area contributed by atoms with Crippen molar-refractivity contribution < 1.29 is 23.2 Å². The highest BCUT2D eigenvalue weighted by Gasteiger charge is 2.34. The van der Waals surface area contributed by atoms with Gasteiger partial charge in [0.05, 0.1) is 5.56 Å². The second-order valence-corrected chi connectivity index (χ2v) is 2.77. The zero-order valence-electron chi connectivity index (χ0n) is 7.21. The molecule has 0 atom stereocenters. The second-order valence-electron chi connectivity index (χ2n) is 2.77. The maximum atomic E-state index is 12.3. The number of pyridine rings is 1. The minimum absolute atomic E-state index is 0.193. The molecule has 0 spiro atoms. The molecule has 0 aliphatic carbocycles. The molecule has 0 amide bonds. The van der Waals surface area contributed by atoms with Crippen molar-refractivity contribution in [2.75, 3.05) is 0 Å². The molecule has 0 saturated heterocycles. The lowest BCUT2D eigenvalue weighted by Crippen LogP contribution is -2.31. The van der Waals surface area contributed by atoms with E-state index in [4.69, 9.17) is 10.0 Å². The van der Waals surface area contributed by atoms with Crippen LogP contribution in [0.4, 0.5) is 13.2 Å². The maximum absolute atomic E-state index is 12.3. The smallest absolute Gasteiger partial charge is 0.423 e. The molecule has 0 aliphatic heterocycles. The minimum Gasteiger partial charge on any atom is -0.423 e. The molecule has 1 rings (SSSR count).